The van der Waals surface area contributed by atoms with Gasteiger partial charge in [0.1, 0.15) is 22.8 Å². The lowest BCUT2D eigenvalue weighted by molar-refractivity contribution is -0.383. The number of nitro benzene ring substituents is 1. The summed E-state index contributed by atoms with van der Waals surface area (Å²) in [6.45, 7) is 6.22. The van der Waals surface area contributed by atoms with Gasteiger partial charge in [-0.1, -0.05) is 0 Å². The quantitative estimate of drug-likeness (QED) is 0.530. The van der Waals surface area contributed by atoms with Crippen molar-refractivity contribution < 1.29 is 18.8 Å². The van der Waals surface area contributed by atoms with Crippen LogP contribution < -0.4 is 21.1 Å². The van der Waals surface area contributed by atoms with E-state index in [9.17, 15) is 19.3 Å². The number of anilines is 2. The number of hydrogen-bond donors (Lipinski definition) is 3. The van der Waals surface area contributed by atoms with Crippen molar-refractivity contribution in [1.29, 1.82) is 0 Å². The van der Waals surface area contributed by atoms with E-state index in [1.165, 1.54) is 13.1 Å². The van der Waals surface area contributed by atoms with Crippen molar-refractivity contribution in [2.24, 2.45) is 0 Å². The second kappa shape index (κ2) is 8.38. The van der Waals surface area contributed by atoms with Crippen LogP contribution in [0.5, 0.6) is 0 Å². The second-order valence-electron chi connectivity index (χ2n) is 7.38. The summed E-state index contributed by atoms with van der Waals surface area (Å²) in [6, 6.07) is 2.11. The van der Waals surface area contributed by atoms with Gasteiger partial charge in [0.15, 0.2) is 0 Å². The van der Waals surface area contributed by atoms with Gasteiger partial charge in [-0.2, -0.15) is 0 Å². The monoisotopic (exact) mass is 383 g/mol. The van der Waals surface area contributed by atoms with Crippen LogP contribution in [0.3, 0.4) is 0 Å². The van der Waals surface area contributed by atoms with Gasteiger partial charge in [-0.3, -0.25) is 15.5 Å². The van der Waals surface area contributed by atoms with E-state index in [0.717, 1.165) is 18.9 Å². The first-order valence-electron chi connectivity index (χ1n) is 8.76. The molecule has 1 aliphatic rings. The van der Waals surface area contributed by atoms with Crippen molar-refractivity contribution in [2.75, 3.05) is 30.4 Å². The van der Waals surface area contributed by atoms with Gasteiger partial charge in [-0.15, -0.1) is 0 Å². The summed E-state index contributed by atoms with van der Waals surface area (Å²) >= 11 is 0. The molecule has 150 valence electrons. The molecule has 9 nitrogen and oxygen atoms in total. The molecule has 0 saturated carbocycles. The molecule has 1 fully saturated rings. The maximum Gasteiger partial charge on any atom is 0.422 e. The van der Waals surface area contributed by atoms with Crippen molar-refractivity contribution in [3.8, 4) is 0 Å². The van der Waals surface area contributed by atoms with E-state index in [-0.39, 0.29) is 23.1 Å². The third-order valence-electron chi connectivity index (χ3n) is 4.05. The zero-order chi connectivity index (χ0) is 20.2. The predicted molar refractivity (Wildman–Crippen MR) is 100 cm³/mol. The summed E-state index contributed by atoms with van der Waals surface area (Å²) in [4.78, 5) is 24.5. The molecule has 1 heterocycles. The molecule has 1 aliphatic heterocycles. The maximum absolute atomic E-state index is 13.9. The Morgan fingerprint density at radius 3 is 2.70 bits per heavy atom. The van der Waals surface area contributed by atoms with Crippen molar-refractivity contribution in [3.05, 3.63) is 28.1 Å². The van der Waals surface area contributed by atoms with Gasteiger partial charge >= 0.3 is 11.8 Å². The molecule has 0 aromatic heterocycles. The third-order valence-corrected chi connectivity index (χ3v) is 4.05. The number of benzene rings is 1. The van der Waals surface area contributed by atoms with Gasteiger partial charge in [0.25, 0.3) is 0 Å². The summed E-state index contributed by atoms with van der Waals surface area (Å²) in [5.74, 6) is -0.554. The maximum atomic E-state index is 13.9. The Labute approximate surface area is 157 Å². The van der Waals surface area contributed by atoms with Gasteiger partial charge in [0, 0.05) is 38.3 Å². The van der Waals surface area contributed by atoms with E-state index in [1.54, 1.807) is 25.7 Å². The molecule has 2 rings (SSSR count). The van der Waals surface area contributed by atoms with Crippen LogP contribution in [-0.2, 0) is 4.74 Å². The fourth-order valence-electron chi connectivity index (χ4n) is 2.99. The first kappa shape index (κ1) is 20.7. The number of ether oxygens (including phenoxy) is 1. The Kier molecular flexibility index (Phi) is 6.42. The summed E-state index contributed by atoms with van der Waals surface area (Å²) < 4.78 is 19.1. The number of nitrogens with zero attached hydrogens (tertiary/aromatic N) is 2. The Bertz CT molecular complexity index is 707. The van der Waals surface area contributed by atoms with Crippen LogP contribution >= 0.6 is 0 Å². The minimum absolute atomic E-state index is 0.122. The minimum atomic E-state index is -0.615. The molecule has 10 heteroatoms. The number of hydrogen-bond acceptors (Lipinski definition) is 7. The number of nitro groups is 1. The van der Waals surface area contributed by atoms with E-state index >= 15 is 0 Å². The summed E-state index contributed by atoms with van der Waals surface area (Å²) in [6.07, 6.45) is 0.888. The fraction of sp³-hybridized carbons (Fsp3) is 0.588. The number of carbonyl (C=O) groups excluding carboxylic acids is 1. The highest BCUT2D eigenvalue weighted by molar-refractivity contribution is 5.77. The zero-order valence-electron chi connectivity index (χ0n) is 16.0. The van der Waals surface area contributed by atoms with Gasteiger partial charge < -0.3 is 15.0 Å². The Morgan fingerprint density at radius 1 is 1.41 bits per heavy atom. The number of hydrazine groups is 1. The smallest absolute Gasteiger partial charge is 0.422 e. The van der Waals surface area contributed by atoms with Gasteiger partial charge in [-0.25, -0.2) is 14.6 Å². The number of rotatable bonds is 5. The standard InChI is InChI=1S/C17H26FN5O4/c1-17(2,3)27-16(24)21-20-12-6-5-7-22(10-12)14-9-11(18)8-13(19-4)15(14)23(25)26/h8-9,12,19-20H,5-7,10H2,1-4H3,(H,21,24). The van der Waals surface area contributed by atoms with Crippen LogP contribution in [0.15, 0.2) is 12.1 Å². The predicted octanol–water partition coefficient (Wildman–Crippen LogP) is 2.77. The lowest BCUT2D eigenvalue weighted by atomic mass is 10.0. The van der Waals surface area contributed by atoms with Crippen LogP contribution in [-0.4, -0.2) is 42.8 Å². The molecular weight excluding hydrogens is 357 g/mol. The van der Waals surface area contributed by atoms with E-state index in [2.05, 4.69) is 16.2 Å². The van der Waals surface area contributed by atoms with Gasteiger partial charge in [0.2, 0.25) is 0 Å². The molecule has 0 bridgehead atoms. The van der Waals surface area contributed by atoms with Gasteiger partial charge in [0.05, 0.1) is 4.92 Å². The fourth-order valence-corrected chi connectivity index (χ4v) is 2.99. The molecule has 0 aliphatic carbocycles. The third kappa shape index (κ3) is 5.68. The number of amides is 1. The lowest BCUT2D eigenvalue weighted by Crippen LogP contribution is -2.53. The van der Waals surface area contributed by atoms with Crippen LogP contribution in [0.1, 0.15) is 33.6 Å². The van der Waals surface area contributed by atoms with Crippen LogP contribution in [0, 0.1) is 15.9 Å². The Morgan fingerprint density at radius 2 is 2.11 bits per heavy atom. The zero-order valence-corrected chi connectivity index (χ0v) is 16.0. The number of carbonyl (C=O) groups is 1. The Balaban J connectivity index is 2.11. The average molecular weight is 383 g/mol. The molecule has 1 saturated heterocycles. The highest BCUT2D eigenvalue weighted by Gasteiger charge is 2.29. The topological polar surface area (TPSA) is 109 Å². The van der Waals surface area contributed by atoms with Crippen molar-refractivity contribution >= 4 is 23.2 Å². The number of nitrogens with one attached hydrogen (secondary N) is 3. The number of piperidine rings is 1. The summed E-state index contributed by atoms with van der Waals surface area (Å²) in [5.41, 5.74) is 4.94. The van der Waals surface area contributed by atoms with E-state index in [1.807, 2.05) is 0 Å². The van der Waals surface area contributed by atoms with Gasteiger partial charge in [-0.05, 0) is 33.6 Å². The van der Waals surface area contributed by atoms with Crippen LogP contribution in [0.25, 0.3) is 0 Å². The normalized spacial score (nSPS) is 17.4. The van der Waals surface area contributed by atoms with E-state index in [4.69, 9.17) is 4.74 Å². The van der Waals surface area contributed by atoms with E-state index < -0.39 is 22.4 Å². The van der Waals surface area contributed by atoms with Crippen molar-refractivity contribution in [1.82, 2.24) is 10.9 Å². The molecule has 1 aromatic carbocycles. The summed E-state index contributed by atoms with van der Waals surface area (Å²) in [7, 11) is 1.51. The molecule has 3 N–H and O–H groups in total. The molecule has 0 radical (unpaired) electrons. The largest absolute Gasteiger partial charge is 0.443 e. The SMILES string of the molecule is CNc1cc(F)cc(N2CCCC(NNC(=O)OC(C)(C)C)C2)c1[N+](=O)[O-]. The molecule has 27 heavy (non-hydrogen) atoms. The summed E-state index contributed by atoms with van der Waals surface area (Å²) in [5, 5.41) is 14.2. The van der Waals surface area contributed by atoms with Crippen molar-refractivity contribution in [2.45, 2.75) is 45.3 Å². The molecule has 1 aromatic rings. The average Bonchev–Trinajstić information content (AvgIpc) is 2.57. The highest BCUT2D eigenvalue weighted by atomic mass is 19.1. The number of halogens is 1. The second-order valence-corrected chi connectivity index (χ2v) is 7.38. The highest BCUT2D eigenvalue weighted by Crippen LogP contribution is 2.37. The first-order chi connectivity index (χ1) is 12.6. The van der Waals surface area contributed by atoms with Crippen LogP contribution in [0.4, 0.5) is 26.2 Å². The minimum Gasteiger partial charge on any atom is -0.443 e. The molecule has 1 amide bonds. The Hall–Kier alpha value is -2.62. The molecular formula is C17H26FN5O4. The van der Waals surface area contributed by atoms with Crippen LogP contribution in [0.2, 0.25) is 0 Å². The lowest BCUT2D eigenvalue weighted by Gasteiger charge is -2.34. The molecule has 0 spiro atoms. The van der Waals surface area contributed by atoms with Crippen molar-refractivity contribution in [3.63, 3.8) is 0 Å². The molecule has 1 unspecified atom stereocenters. The first-order valence-corrected chi connectivity index (χ1v) is 8.76. The van der Waals surface area contributed by atoms with E-state index in [0.29, 0.717) is 13.1 Å². The molecule has 1 atom stereocenters.